The third kappa shape index (κ3) is 4.08. The fraction of sp³-hybridized carbons (Fsp3) is 0.524. The average Bonchev–Trinajstić information content (AvgIpc) is 2.95. The number of hydrogen-bond donors (Lipinski definition) is 1. The van der Waals surface area contributed by atoms with Gasteiger partial charge in [0.1, 0.15) is 6.04 Å². The Labute approximate surface area is 164 Å². The van der Waals surface area contributed by atoms with Gasteiger partial charge in [-0.05, 0) is 37.8 Å². The van der Waals surface area contributed by atoms with E-state index in [-0.39, 0.29) is 23.7 Å². The molecule has 1 aliphatic heterocycles. The number of aryl methyl sites for hydroxylation is 1. The third-order valence-corrected chi connectivity index (χ3v) is 5.69. The Morgan fingerprint density at radius 3 is 2.36 bits per heavy atom. The fourth-order valence-electron chi connectivity index (χ4n) is 3.99. The van der Waals surface area contributed by atoms with Gasteiger partial charge in [-0.15, -0.1) is 0 Å². The molecule has 3 amide bonds. The highest BCUT2D eigenvalue weighted by Crippen LogP contribution is 2.38. The molecule has 1 saturated carbocycles. The molecule has 7 heteroatoms. The quantitative estimate of drug-likeness (QED) is 0.594. The molecule has 3 atom stereocenters. The Balaban J connectivity index is 1.50. The van der Waals surface area contributed by atoms with E-state index in [0.29, 0.717) is 19.4 Å². The van der Waals surface area contributed by atoms with Crippen molar-refractivity contribution in [1.29, 1.82) is 0 Å². The van der Waals surface area contributed by atoms with Crippen molar-refractivity contribution in [2.45, 2.75) is 52.1 Å². The van der Waals surface area contributed by atoms with Crippen LogP contribution < -0.4 is 5.32 Å². The van der Waals surface area contributed by atoms with Crippen molar-refractivity contribution in [1.82, 2.24) is 10.2 Å². The molecule has 1 heterocycles. The van der Waals surface area contributed by atoms with E-state index in [2.05, 4.69) is 5.32 Å². The molecule has 1 aromatic rings. The van der Waals surface area contributed by atoms with E-state index < -0.39 is 24.5 Å². The summed E-state index contributed by atoms with van der Waals surface area (Å²) < 4.78 is 5.05. The van der Waals surface area contributed by atoms with Gasteiger partial charge in [-0.2, -0.15) is 0 Å². The van der Waals surface area contributed by atoms with E-state index in [0.717, 1.165) is 28.9 Å². The summed E-state index contributed by atoms with van der Waals surface area (Å²) in [5, 5.41) is 2.70. The summed E-state index contributed by atoms with van der Waals surface area (Å²) in [5.41, 5.74) is 2.03. The number of esters is 1. The number of carbonyl (C=O) groups excluding carboxylic acids is 4. The Kier molecular flexibility index (Phi) is 6.11. The number of fused-ring (bicyclic) bond motifs is 1. The summed E-state index contributed by atoms with van der Waals surface area (Å²) in [6, 6.07) is 6.65. The highest BCUT2D eigenvalue weighted by Gasteiger charge is 2.51. The van der Waals surface area contributed by atoms with Crippen molar-refractivity contribution in [3.05, 3.63) is 35.4 Å². The van der Waals surface area contributed by atoms with Crippen LogP contribution in [-0.2, 0) is 30.5 Å². The zero-order chi connectivity index (χ0) is 20.3. The number of nitrogens with one attached hydrogen (secondary N) is 1. The van der Waals surface area contributed by atoms with Crippen LogP contribution in [0.1, 0.15) is 43.7 Å². The Morgan fingerprint density at radius 2 is 1.75 bits per heavy atom. The maximum Gasteiger partial charge on any atom is 0.329 e. The van der Waals surface area contributed by atoms with Crippen LogP contribution in [0.4, 0.5) is 0 Å². The minimum Gasteiger partial charge on any atom is -0.454 e. The highest BCUT2D eigenvalue weighted by atomic mass is 16.5. The monoisotopic (exact) mass is 386 g/mol. The highest BCUT2D eigenvalue weighted by molar-refractivity contribution is 6.07. The van der Waals surface area contributed by atoms with Gasteiger partial charge >= 0.3 is 5.97 Å². The molecule has 0 radical (unpaired) electrons. The lowest BCUT2D eigenvalue weighted by Crippen LogP contribution is -2.45. The molecule has 1 N–H and O–H groups in total. The Hall–Kier alpha value is -2.70. The molecule has 1 aromatic carbocycles. The van der Waals surface area contributed by atoms with E-state index in [1.807, 2.05) is 31.2 Å². The van der Waals surface area contributed by atoms with E-state index in [4.69, 9.17) is 4.74 Å². The molecular weight excluding hydrogens is 360 g/mol. The first-order valence-corrected chi connectivity index (χ1v) is 9.75. The van der Waals surface area contributed by atoms with Crippen molar-refractivity contribution >= 4 is 23.7 Å². The van der Waals surface area contributed by atoms with Gasteiger partial charge in [-0.25, -0.2) is 4.79 Å². The molecule has 0 spiro atoms. The van der Waals surface area contributed by atoms with Gasteiger partial charge in [0.05, 0.1) is 11.8 Å². The molecule has 1 saturated heterocycles. The number of imide groups is 1. The van der Waals surface area contributed by atoms with Crippen LogP contribution in [0.5, 0.6) is 0 Å². The fourth-order valence-corrected chi connectivity index (χ4v) is 3.99. The van der Waals surface area contributed by atoms with Crippen molar-refractivity contribution < 1.29 is 23.9 Å². The van der Waals surface area contributed by atoms with Crippen molar-refractivity contribution in [3.63, 3.8) is 0 Å². The van der Waals surface area contributed by atoms with Crippen LogP contribution in [0.3, 0.4) is 0 Å². The largest absolute Gasteiger partial charge is 0.454 e. The first kappa shape index (κ1) is 20.0. The average molecular weight is 386 g/mol. The minimum absolute atomic E-state index is 0.289. The molecular formula is C21H26N2O5. The van der Waals surface area contributed by atoms with Crippen LogP contribution in [0.15, 0.2) is 24.3 Å². The summed E-state index contributed by atoms with van der Waals surface area (Å²) in [5.74, 6) is -2.38. The number of benzene rings is 1. The molecule has 0 bridgehead atoms. The standard InChI is InChI=1S/C21H26N2O5/c1-13-7-3-4-8-15(13)11-22-18(24)12-28-21(27)14(2)23-19(25)16-9-5-6-10-17(16)20(23)26/h3-4,7-8,14,16-17H,5-6,9-12H2,1-2H3,(H,22,24)/t14-,16-,17-/m0/s1. The zero-order valence-corrected chi connectivity index (χ0v) is 16.3. The van der Waals surface area contributed by atoms with Gasteiger partial charge in [0.25, 0.3) is 5.91 Å². The van der Waals surface area contributed by atoms with Crippen LogP contribution in [0, 0.1) is 18.8 Å². The summed E-state index contributed by atoms with van der Waals surface area (Å²) in [7, 11) is 0. The predicted octanol–water partition coefficient (Wildman–Crippen LogP) is 1.72. The van der Waals surface area contributed by atoms with Crippen LogP contribution in [0.2, 0.25) is 0 Å². The normalized spacial score (nSPS) is 22.6. The molecule has 2 aliphatic rings. The number of likely N-dealkylation sites (tertiary alicyclic amines) is 1. The molecule has 28 heavy (non-hydrogen) atoms. The maximum absolute atomic E-state index is 12.5. The number of ether oxygens (including phenoxy) is 1. The molecule has 3 rings (SSSR count). The third-order valence-electron chi connectivity index (χ3n) is 5.69. The number of hydrogen-bond acceptors (Lipinski definition) is 5. The molecule has 0 aromatic heterocycles. The smallest absolute Gasteiger partial charge is 0.329 e. The van der Waals surface area contributed by atoms with Gasteiger partial charge < -0.3 is 10.1 Å². The SMILES string of the molecule is Cc1ccccc1CNC(=O)COC(=O)[C@H](C)N1C(=O)[C@H]2CCCC[C@@H]2C1=O. The summed E-state index contributed by atoms with van der Waals surface area (Å²) in [6.07, 6.45) is 3.23. The second-order valence-electron chi connectivity index (χ2n) is 7.53. The van der Waals surface area contributed by atoms with Crippen molar-refractivity contribution in [2.24, 2.45) is 11.8 Å². The lowest BCUT2D eigenvalue weighted by Gasteiger charge is -2.21. The summed E-state index contributed by atoms with van der Waals surface area (Å²) in [6.45, 7) is 3.31. The second-order valence-corrected chi connectivity index (χ2v) is 7.53. The van der Waals surface area contributed by atoms with Crippen molar-refractivity contribution in [3.8, 4) is 0 Å². The second kappa shape index (κ2) is 8.54. The predicted molar refractivity (Wildman–Crippen MR) is 101 cm³/mol. The van der Waals surface area contributed by atoms with Crippen LogP contribution in [-0.4, -0.2) is 41.2 Å². The van der Waals surface area contributed by atoms with E-state index in [1.54, 1.807) is 0 Å². The minimum atomic E-state index is -1.02. The van der Waals surface area contributed by atoms with E-state index in [1.165, 1.54) is 6.92 Å². The molecule has 2 fully saturated rings. The van der Waals surface area contributed by atoms with Gasteiger partial charge in [-0.1, -0.05) is 37.1 Å². The van der Waals surface area contributed by atoms with Gasteiger partial charge in [0.2, 0.25) is 11.8 Å². The van der Waals surface area contributed by atoms with Gasteiger partial charge in [0.15, 0.2) is 6.61 Å². The number of amides is 3. The Bertz CT molecular complexity index is 767. The molecule has 1 aliphatic carbocycles. The van der Waals surface area contributed by atoms with Gasteiger partial charge in [0, 0.05) is 6.54 Å². The van der Waals surface area contributed by atoms with Crippen LogP contribution in [0.25, 0.3) is 0 Å². The molecule has 150 valence electrons. The first-order chi connectivity index (χ1) is 13.4. The number of rotatable bonds is 6. The number of carbonyl (C=O) groups is 4. The lowest BCUT2D eigenvalue weighted by atomic mass is 9.81. The topological polar surface area (TPSA) is 92.8 Å². The summed E-state index contributed by atoms with van der Waals surface area (Å²) in [4.78, 5) is 50.4. The van der Waals surface area contributed by atoms with Crippen LogP contribution >= 0.6 is 0 Å². The Morgan fingerprint density at radius 1 is 1.14 bits per heavy atom. The van der Waals surface area contributed by atoms with E-state index >= 15 is 0 Å². The summed E-state index contributed by atoms with van der Waals surface area (Å²) >= 11 is 0. The molecule has 7 nitrogen and oxygen atoms in total. The molecule has 0 unspecified atom stereocenters. The van der Waals surface area contributed by atoms with Crippen molar-refractivity contribution in [2.75, 3.05) is 6.61 Å². The first-order valence-electron chi connectivity index (χ1n) is 9.75. The zero-order valence-electron chi connectivity index (χ0n) is 16.3. The van der Waals surface area contributed by atoms with Gasteiger partial charge in [-0.3, -0.25) is 19.3 Å². The number of nitrogens with zero attached hydrogens (tertiary/aromatic N) is 1. The van der Waals surface area contributed by atoms with E-state index in [9.17, 15) is 19.2 Å². The maximum atomic E-state index is 12.5. The lowest BCUT2D eigenvalue weighted by molar-refractivity contribution is -0.159.